The van der Waals surface area contributed by atoms with Crippen LogP contribution in [0.4, 0.5) is 5.82 Å². The molecule has 1 amide bonds. The number of carbonyl (C=O) groups excluding carboxylic acids is 1. The number of aromatic nitrogens is 4. The SMILES string of the molecule is Cn1ncc(C#N)c1NC(=O)c1ccc(Cn2cccn2)o1. The Morgan fingerprint density at radius 3 is 3.05 bits per heavy atom. The first-order valence-corrected chi connectivity index (χ1v) is 6.47. The van der Waals surface area contributed by atoms with Gasteiger partial charge < -0.3 is 9.73 Å². The number of carbonyl (C=O) groups is 1. The summed E-state index contributed by atoms with van der Waals surface area (Å²) < 4.78 is 8.61. The molecule has 0 radical (unpaired) electrons. The van der Waals surface area contributed by atoms with Crippen LogP contribution in [0.5, 0.6) is 0 Å². The van der Waals surface area contributed by atoms with Gasteiger partial charge in [0, 0.05) is 19.4 Å². The Balaban J connectivity index is 1.74. The first-order chi connectivity index (χ1) is 10.7. The topological polar surface area (TPSA) is 102 Å². The third kappa shape index (κ3) is 2.60. The van der Waals surface area contributed by atoms with Crippen LogP contribution in [0.15, 0.2) is 41.2 Å². The zero-order chi connectivity index (χ0) is 15.5. The van der Waals surface area contributed by atoms with Crippen molar-refractivity contribution in [1.29, 1.82) is 5.26 Å². The summed E-state index contributed by atoms with van der Waals surface area (Å²) in [6.45, 7) is 0.440. The van der Waals surface area contributed by atoms with Gasteiger partial charge in [0.05, 0.1) is 12.7 Å². The number of nitrogens with zero attached hydrogens (tertiary/aromatic N) is 5. The molecule has 0 aliphatic rings. The van der Waals surface area contributed by atoms with E-state index in [1.54, 1.807) is 36.3 Å². The predicted molar refractivity (Wildman–Crippen MR) is 75.9 cm³/mol. The lowest BCUT2D eigenvalue weighted by atomic mass is 10.3. The van der Waals surface area contributed by atoms with Crippen LogP contribution in [0.1, 0.15) is 21.9 Å². The largest absolute Gasteiger partial charge is 0.454 e. The lowest BCUT2D eigenvalue weighted by molar-refractivity contribution is 0.0993. The standard InChI is InChI=1S/C14H12N6O2/c1-19-13(10(7-15)8-17-19)18-14(21)12-4-3-11(22-12)9-20-6-2-5-16-20/h2-6,8H,9H2,1H3,(H,18,21). The first-order valence-electron chi connectivity index (χ1n) is 6.47. The number of aryl methyl sites for hydroxylation is 1. The maximum absolute atomic E-state index is 12.2. The van der Waals surface area contributed by atoms with E-state index in [0.717, 1.165) is 0 Å². The number of hydrogen-bond acceptors (Lipinski definition) is 5. The van der Waals surface area contributed by atoms with Crippen molar-refractivity contribution in [3.63, 3.8) is 0 Å². The molecular formula is C14H12N6O2. The van der Waals surface area contributed by atoms with Crippen molar-refractivity contribution >= 4 is 11.7 Å². The van der Waals surface area contributed by atoms with Gasteiger partial charge in [-0.05, 0) is 18.2 Å². The van der Waals surface area contributed by atoms with Gasteiger partial charge >= 0.3 is 0 Å². The van der Waals surface area contributed by atoms with Crippen molar-refractivity contribution < 1.29 is 9.21 Å². The van der Waals surface area contributed by atoms with Gasteiger partial charge in [-0.3, -0.25) is 14.2 Å². The van der Waals surface area contributed by atoms with Crippen LogP contribution in [-0.4, -0.2) is 25.5 Å². The van der Waals surface area contributed by atoms with Gasteiger partial charge in [-0.25, -0.2) is 0 Å². The highest BCUT2D eigenvalue weighted by molar-refractivity contribution is 6.02. The van der Waals surface area contributed by atoms with Gasteiger partial charge in [0.2, 0.25) is 0 Å². The minimum atomic E-state index is -0.438. The monoisotopic (exact) mass is 296 g/mol. The molecule has 0 unspecified atom stereocenters. The molecule has 3 aromatic heterocycles. The molecule has 1 N–H and O–H groups in total. The Morgan fingerprint density at radius 2 is 2.32 bits per heavy atom. The molecule has 0 aromatic carbocycles. The van der Waals surface area contributed by atoms with Gasteiger partial charge in [-0.1, -0.05) is 0 Å². The van der Waals surface area contributed by atoms with Crippen molar-refractivity contribution in [3.8, 4) is 6.07 Å². The number of hydrogen-bond donors (Lipinski definition) is 1. The van der Waals surface area contributed by atoms with Gasteiger partial charge in [-0.15, -0.1) is 0 Å². The van der Waals surface area contributed by atoms with E-state index in [1.165, 1.54) is 10.9 Å². The Kier molecular flexibility index (Phi) is 3.45. The highest BCUT2D eigenvalue weighted by Gasteiger charge is 2.16. The highest BCUT2D eigenvalue weighted by Crippen LogP contribution is 2.15. The molecule has 0 aliphatic heterocycles. The predicted octanol–water partition coefficient (Wildman–Crippen LogP) is 1.38. The van der Waals surface area contributed by atoms with Crippen molar-refractivity contribution in [2.75, 3.05) is 5.32 Å². The molecule has 3 rings (SSSR count). The molecule has 0 fully saturated rings. The Hall–Kier alpha value is -3.34. The van der Waals surface area contributed by atoms with Gasteiger partial charge in [-0.2, -0.15) is 15.5 Å². The lowest BCUT2D eigenvalue weighted by Gasteiger charge is -2.04. The fourth-order valence-electron chi connectivity index (χ4n) is 1.98. The molecule has 3 heterocycles. The molecule has 110 valence electrons. The van der Waals surface area contributed by atoms with Crippen LogP contribution in [-0.2, 0) is 13.6 Å². The quantitative estimate of drug-likeness (QED) is 0.783. The van der Waals surface area contributed by atoms with E-state index in [-0.39, 0.29) is 5.76 Å². The van der Waals surface area contributed by atoms with Gasteiger partial charge in [0.1, 0.15) is 23.2 Å². The molecule has 0 aliphatic carbocycles. The van der Waals surface area contributed by atoms with Crippen molar-refractivity contribution in [3.05, 3.63) is 53.9 Å². The van der Waals surface area contributed by atoms with E-state index in [1.807, 2.05) is 12.1 Å². The van der Waals surface area contributed by atoms with E-state index in [9.17, 15) is 4.79 Å². The van der Waals surface area contributed by atoms with Crippen LogP contribution >= 0.6 is 0 Å². The Labute approximate surface area is 125 Å². The maximum Gasteiger partial charge on any atom is 0.292 e. The fourth-order valence-corrected chi connectivity index (χ4v) is 1.98. The van der Waals surface area contributed by atoms with Crippen LogP contribution < -0.4 is 5.32 Å². The molecule has 0 spiro atoms. The second-order valence-corrected chi connectivity index (χ2v) is 4.57. The molecular weight excluding hydrogens is 284 g/mol. The molecule has 8 heteroatoms. The van der Waals surface area contributed by atoms with Crippen molar-refractivity contribution in [1.82, 2.24) is 19.6 Å². The van der Waals surface area contributed by atoms with E-state index < -0.39 is 5.91 Å². The number of nitrogens with one attached hydrogen (secondary N) is 1. The molecule has 0 bridgehead atoms. The molecule has 22 heavy (non-hydrogen) atoms. The maximum atomic E-state index is 12.2. The summed E-state index contributed by atoms with van der Waals surface area (Å²) in [7, 11) is 1.64. The van der Waals surface area contributed by atoms with E-state index >= 15 is 0 Å². The summed E-state index contributed by atoms with van der Waals surface area (Å²) in [5.74, 6) is 0.663. The first kappa shape index (κ1) is 13.6. The molecule has 0 atom stereocenters. The molecule has 8 nitrogen and oxygen atoms in total. The van der Waals surface area contributed by atoms with Crippen LogP contribution in [0.3, 0.4) is 0 Å². The zero-order valence-corrected chi connectivity index (χ0v) is 11.7. The number of furan rings is 1. The zero-order valence-electron chi connectivity index (χ0n) is 11.7. The number of amides is 1. The summed E-state index contributed by atoms with van der Waals surface area (Å²) >= 11 is 0. The molecule has 0 saturated heterocycles. The van der Waals surface area contributed by atoms with Gasteiger partial charge in [0.25, 0.3) is 5.91 Å². The van der Waals surface area contributed by atoms with Crippen LogP contribution in [0.25, 0.3) is 0 Å². The van der Waals surface area contributed by atoms with Gasteiger partial charge in [0.15, 0.2) is 5.76 Å². The summed E-state index contributed by atoms with van der Waals surface area (Å²) in [4.78, 5) is 12.2. The lowest BCUT2D eigenvalue weighted by Crippen LogP contribution is -2.14. The second-order valence-electron chi connectivity index (χ2n) is 4.57. The molecule has 3 aromatic rings. The van der Waals surface area contributed by atoms with Crippen LogP contribution in [0.2, 0.25) is 0 Å². The van der Waals surface area contributed by atoms with E-state index in [4.69, 9.17) is 9.68 Å². The summed E-state index contributed by atoms with van der Waals surface area (Å²) in [6, 6.07) is 7.07. The Bertz CT molecular complexity index is 837. The number of anilines is 1. The number of nitriles is 1. The average Bonchev–Trinajstić information content (AvgIpc) is 3.23. The fraction of sp³-hybridized carbons (Fsp3) is 0.143. The second kappa shape index (κ2) is 5.57. The van der Waals surface area contributed by atoms with Crippen molar-refractivity contribution in [2.45, 2.75) is 6.54 Å². The summed E-state index contributed by atoms with van der Waals surface area (Å²) in [5.41, 5.74) is 0.291. The summed E-state index contributed by atoms with van der Waals surface area (Å²) in [5, 5.41) is 19.6. The normalized spacial score (nSPS) is 10.4. The molecule has 0 saturated carbocycles. The Morgan fingerprint density at radius 1 is 1.45 bits per heavy atom. The smallest absolute Gasteiger partial charge is 0.292 e. The highest BCUT2D eigenvalue weighted by atomic mass is 16.4. The minimum Gasteiger partial charge on any atom is -0.454 e. The minimum absolute atomic E-state index is 0.159. The summed E-state index contributed by atoms with van der Waals surface area (Å²) in [6.07, 6.45) is 4.86. The van der Waals surface area contributed by atoms with Crippen molar-refractivity contribution in [2.24, 2.45) is 7.05 Å². The average molecular weight is 296 g/mol. The third-order valence-electron chi connectivity index (χ3n) is 3.05. The number of rotatable bonds is 4. The van der Waals surface area contributed by atoms with E-state index in [2.05, 4.69) is 15.5 Å². The van der Waals surface area contributed by atoms with E-state index in [0.29, 0.717) is 23.7 Å². The third-order valence-corrected chi connectivity index (χ3v) is 3.05. The van der Waals surface area contributed by atoms with Crippen LogP contribution in [0, 0.1) is 11.3 Å².